The molecule has 108 valence electrons. The molecule has 1 atom stereocenters. The number of rotatable bonds is 4. The minimum absolute atomic E-state index is 0.0862. The van der Waals surface area contributed by atoms with Crippen LogP contribution in [0.4, 0.5) is 4.79 Å². The number of carbonyl (C=O) groups excluding carboxylic acids is 1. The molecule has 2 N–H and O–H groups in total. The highest BCUT2D eigenvalue weighted by molar-refractivity contribution is 5.78. The topological polar surface area (TPSA) is 69.6 Å². The number of nitrogens with zero attached hydrogens (tertiary/aromatic N) is 1. The molecule has 5 heteroatoms. The first kappa shape index (κ1) is 14.2. The Hall–Kier alpha value is -1.26. The summed E-state index contributed by atoms with van der Waals surface area (Å²) in [6.07, 6.45) is 6.34. The van der Waals surface area contributed by atoms with Gasteiger partial charge in [-0.3, -0.25) is 4.79 Å². The van der Waals surface area contributed by atoms with Crippen molar-refractivity contribution in [2.75, 3.05) is 13.1 Å². The van der Waals surface area contributed by atoms with Crippen molar-refractivity contribution in [1.82, 2.24) is 10.2 Å². The fourth-order valence-electron chi connectivity index (χ4n) is 3.39. The van der Waals surface area contributed by atoms with E-state index in [9.17, 15) is 14.7 Å². The first-order chi connectivity index (χ1) is 9.09. The molecule has 0 aromatic heterocycles. The third-order valence-electron chi connectivity index (χ3n) is 4.70. The lowest BCUT2D eigenvalue weighted by molar-refractivity contribution is -0.148. The predicted molar refractivity (Wildman–Crippen MR) is 72.0 cm³/mol. The van der Waals surface area contributed by atoms with Crippen molar-refractivity contribution in [1.29, 1.82) is 0 Å². The zero-order valence-corrected chi connectivity index (χ0v) is 11.7. The van der Waals surface area contributed by atoms with Crippen molar-refractivity contribution in [3.63, 3.8) is 0 Å². The second kappa shape index (κ2) is 5.80. The standard InChI is InChI=1S/C14H24N2O3/c1-2-11-6-5-9-16(11)13(19)15-10-14(12(17)18)7-3-4-8-14/h11H,2-10H2,1H3,(H,15,19)(H,17,18). The summed E-state index contributed by atoms with van der Waals surface area (Å²) in [7, 11) is 0. The summed E-state index contributed by atoms with van der Waals surface area (Å²) in [6.45, 7) is 3.16. The summed E-state index contributed by atoms with van der Waals surface area (Å²) < 4.78 is 0. The van der Waals surface area contributed by atoms with Crippen molar-refractivity contribution < 1.29 is 14.7 Å². The van der Waals surface area contributed by atoms with Gasteiger partial charge < -0.3 is 15.3 Å². The van der Waals surface area contributed by atoms with Crippen molar-refractivity contribution in [3.05, 3.63) is 0 Å². The Balaban J connectivity index is 1.90. The van der Waals surface area contributed by atoms with E-state index in [1.165, 1.54) is 0 Å². The molecule has 0 bridgehead atoms. The summed E-state index contributed by atoms with van der Waals surface area (Å²) in [5.74, 6) is -0.765. The molecule has 1 unspecified atom stereocenters. The van der Waals surface area contributed by atoms with Crippen LogP contribution in [-0.4, -0.2) is 41.1 Å². The quantitative estimate of drug-likeness (QED) is 0.821. The van der Waals surface area contributed by atoms with Gasteiger partial charge in [0.25, 0.3) is 0 Å². The first-order valence-corrected chi connectivity index (χ1v) is 7.37. The maximum Gasteiger partial charge on any atom is 0.317 e. The van der Waals surface area contributed by atoms with Crippen molar-refractivity contribution in [2.45, 2.75) is 57.9 Å². The molecule has 1 saturated carbocycles. The van der Waals surface area contributed by atoms with Crippen LogP contribution in [0.1, 0.15) is 51.9 Å². The molecule has 2 fully saturated rings. The molecule has 1 aliphatic heterocycles. The lowest BCUT2D eigenvalue weighted by Crippen LogP contribution is -2.48. The smallest absolute Gasteiger partial charge is 0.317 e. The molecule has 2 amide bonds. The summed E-state index contributed by atoms with van der Waals surface area (Å²) in [5, 5.41) is 12.2. The Kier molecular flexibility index (Phi) is 4.32. The molecular formula is C14H24N2O3. The number of urea groups is 1. The Bertz CT molecular complexity index is 351. The maximum absolute atomic E-state index is 12.2. The zero-order chi connectivity index (χ0) is 13.9. The Morgan fingerprint density at radius 1 is 1.32 bits per heavy atom. The SMILES string of the molecule is CCC1CCCN1C(=O)NCC1(C(=O)O)CCCC1. The van der Waals surface area contributed by atoms with Crippen LogP contribution in [0.25, 0.3) is 0 Å². The van der Waals surface area contributed by atoms with Crippen molar-refractivity contribution >= 4 is 12.0 Å². The molecule has 0 aromatic rings. The molecule has 0 radical (unpaired) electrons. The lowest BCUT2D eigenvalue weighted by atomic mass is 9.86. The maximum atomic E-state index is 12.2. The summed E-state index contributed by atoms with van der Waals surface area (Å²) in [5.41, 5.74) is -0.725. The van der Waals surface area contributed by atoms with Gasteiger partial charge in [0.05, 0.1) is 5.41 Å². The van der Waals surface area contributed by atoms with Gasteiger partial charge in [0.2, 0.25) is 0 Å². The normalized spacial score (nSPS) is 25.5. The Morgan fingerprint density at radius 3 is 2.58 bits per heavy atom. The van der Waals surface area contributed by atoms with Gasteiger partial charge in [-0.15, -0.1) is 0 Å². The van der Waals surface area contributed by atoms with E-state index in [1.807, 2.05) is 4.90 Å². The van der Waals surface area contributed by atoms with E-state index in [4.69, 9.17) is 0 Å². The van der Waals surface area contributed by atoms with E-state index >= 15 is 0 Å². The monoisotopic (exact) mass is 268 g/mol. The van der Waals surface area contributed by atoms with Gasteiger partial charge in [0.15, 0.2) is 0 Å². The minimum atomic E-state index is -0.765. The zero-order valence-electron chi connectivity index (χ0n) is 11.7. The molecule has 5 nitrogen and oxygen atoms in total. The number of aliphatic carboxylic acids is 1. The highest BCUT2D eigenvalue weighted by Crippen LogP contribution is 2.37. The molecule has 2 rings (SSSR count). The van der Waals surface area contributed by atoms with Crippen molar-refractivity contribution in [3.8, 4) is 0 Å². The first-order valence-electron chi connectivity index (χ1n) is 7.37. The van der Waals surface area contributed by atoms with Crippen LogP contribution in [0.15, 0.2) is 0 Å². The fraction of sp³-hybridized carbons (Fsp3) is 0.857. The molecule has 2 aliphatic rings. The largest absolute Gasteiger partial charge is 0.481 e. The summed E-state index contributed by atoms with van der Waals surface area (Å²) >= 11 is 0. The van der Waals surface area contributed by atoms with Crippen molar-refractivity contribution in [2.24, 2.45) is 5.41 Å². The molecular weight excluding hydrogens is 244 g/mol. The number of hydrogen-bond donors (Lipinski definition) is 2. The molecule has 19 heavy (non-hydrogen) atoms. The number of carboxylic acids is 1. The third kappa shape index (κ3) is 2.85. The molecule has 0 aromatic carbocycles. The fourth-order valence-corrected chi connectivity index (χ4v) is 3.39. The summed E-state index contributed by atoms with van der Waals surface area (Å²) in [6, 6.07) is 0.237. The van der Waals surface area contributed by atoms with Gasteiger partial charge in [-0.1, -0.05) is 19.8 Å². The second-order valence-electron chi connectivity index (χ2n) is 5.85. The van der Waals surface area contributed by atoms with Gasteiger partial charge >= 0.3 is 12.0 Å². The number of hydrogen-bond acceptors (Lipinski definition) is 2. The predicted octanol–water partition coefficient (Wildman–Crippen LogP) is 2.22. The molecule has 1 saturated heterocycles. The van der Waals surface area contributed by atoms with E-state index in [2.05, 4.69) is 12.2 Å². The number of amides is 2. The molecule has 1 aliphatic carbocycles. The highest BCUT2D eigenvalue weighted by Gasteiger charge is 2.42. The average molecular weight is 268 g/mol. The Labute approximate surface area is 114 Å². The van der Waals surface area contributed by atoms with Crippen LogP contribution in [0.3, 0.4) is 0 Å². The second-order valence-corrected chi connectivity index (χ2v) is 5.85. The van der Waals surface area contributed by atoms with Crippen LogP contribution in [0.2, 0.25) is 0 Å². The van der Waals surface area contributed by atoms with E-state index in [1.54, 1.807) is 0 Å². The van der Waals surface area contributed by atoms with E-state index in [0.29, 0.717) is 18.9 Å². The van der Waals surface area contributed by atoms with Crippen LogP contribution in [0, 0.1) is 5.41 Å². The summed E-state index contributed by atoms with van der Waals surface area (Å²) in [4.78, 5) is 25.4. The van der Waals surface area contributed by atoms with E-state index < -0.39 is 11.4 Å². The highest BCUT2D eigenvalue weighted by atomic mass is 16.4. The molecule has 1 heterocycles. The molecule has 0 spiro atoms. The van der Waals surface area contributed by atoms with Crippen LogP contribution in [-0.2, 0) is 4.79 Å². The van der Waals surface area contributed by atoms with Gasteiger partial charge in [0, 0.05) is 19.1 Å². The lowest BCUT2D eigenvalue weighted by Gasteiger charge is -2.28. The van der Waals surface area contributed by atoms with E-state index in [-0.39, 0.29) is 12.6 Å². The number of likely N-dealkylation sites (tertiary alicyclic amines) is 1. The minimum Gasteiger partial charge on any atom is -0.481 e. The van der Waals surface area contributed by atoms with E-state index in [0.717, 1.165) is 38.6 Å². The van der Waals surface area contributed by atoms with Gasteiger partial charge in [-0.2, -0.15) is 0 Å². The van der Waals surface area contributed by atoms with Crippen LogP contribution >= 0.6 is 0 Å². The van der Waals surface area contributed by atoms with Gasteiger partial charge in [-0.25, -0.2) is 4.79 Å². The third-order valence-corrected chi connectivity index (χ3v) is 4.70. The van der Waals surface area contributed by atoms with Crippen LogP contribution in [0.5, 0.6) is 0 Å². The average Bonchev–Trinajstić information content (AvgIpc) is 3.05. The number of carboxylic acid groups (broad SMARTS) is 1. The number of nitrogens with one attached hydrogen (secondary N) is 1. The van der Waals surface area contributed by atoms with Gasteiger partial charge in [0.1, 0.15) is 0 Å². The van der Waals surface area contributed by atoms with Gasteiger partial charge in [-0.05, 0) is 32.1 Å². The van der Waals surface area contributed by atoms with Crippen LogP contribution < -0.4 is 5.32 Å². The Morgan fingerprint density at radius 2 is 2.00 bits per heavy atom. The number of carbonyl (C=O) groups is 2.